The number of hydrogen-bond acceptors (Lipinski definition) is 11. The fourth-order valence-corrected chi connectivity index (χ4v) is 3.48. The molecule has 1 aromatic carbocycles. The Balaban J connectivity index is -0.000000204. The summed E-state index contributed by atoms with van der Waals surface area (Å²) < 4.78 is 13.0. The van der Waals surface area contributed by atoms with Gasteiger partial charge in [0, 0.05) is 0 Å². The predicted octanol–water partition coefficient (Wildman–Crippen LogP) is 2.10. The molecule has 0 spiro atoms. The topological polar surface area (TPSA) is 191 Å². The van der Waals surface area contributed by atoms with Crippen molar-refractivity contribution >= 4 is 37.3 Å². The van der Waals surface area contributed by atoms with Gasteiger partial charge in [-0.3, -0.25) is 15.3 Å². The molecule has 0 saturated carbocycles. The van der Waals surface area contributed by atoms with Crippen LogP contribution in [0.15, 0.2) is 42.5 Å². The van der Waals surface area contributed by atoms with E-state index in [9.17, 15) is 14.4 Å². The van der Waals surface area contributed by atoms with Crippen molar-refractivity contribution in [1.82, 2.24) is 0 Å². The fourth-order valence-electron chi connectivity index (χ4n) is 1.43. The molecule has 2 atom stereocenters. The molecule has 0 amide bonds. The zero-order valence-electron chi connectivity index (χ0n) is 18.8. The van der Waals surface area contributed by atoms with E-state index < -0.39 is 28.1 Å². The number of carbonyl (C=O) groups is 3. The van der Waals surface area contributed by atoms with Crippen LogP contribution in [-0.4, -0.2) is 64.7 Å². The Morgan fingerprint density at radius 2 is 1.53 bits per heavy atom. The van der Waals surface area contributed by atoms with Gasteiger partial charge in [0.1, 0.15) is 17.6 Å². The van der Waals surface area contributed by atoms with E-state index in [-0.39, 0.29) is 28.0 Å². The Bertz CT molecular complexity index is 888. The Kier molecular flexibility index (Phi) is 24.8. The van der Waals surface area contributed by atoms with Crippen LogP contribution in [0.1, 0.15) is 21.3 Å². The Morgan fingerprint density at radius 3 is 1.79 bits per heavy atom. The number of benzene rings is 1. The minimum absolute atomic E-state index is 0. The number of rotatable bonds is 5. The van der Waals surface area contributed by atoms with Crippen LogP contribution in [0.5, 0.6) is 0 Å². The molecule has 0 heterocycles. The molecule has 1 aromatic rings. The second kappa shape index (κ2) is 22.5. The second-order valence-electron chi connectivity index (χ2n) is 5.51. The molecule has 0 aromatic heterocycles. The number of hydrogen-bond donors (Lipinski definition) is 2. The average Bonchev–Trinajstić information content (AvgIpc) is 2.88. The first kappa shape index (κ1) is 37.6. The van der Waals surface area contributed by atoms with E-state index in [1.807, 2.05) is 36.4 Å². The maximum atomic E-state index is 11.4. The van der Waals surface area contributed by atoms with Gasteiger partial charge < -0.3 is 9.47 Å². The SMILES string of the molecule is C.C=C(C#N)C(=O)OC.COC(=O)C(C)(C#N)[Se]c1ccccc1.COC(=O)C(C)C#N.OO. The standard InChI is InChI=1S/C11H11NO2Se.C5H7NO2.C5H5NO2.CH4.H2O2/c1-11(8-12,10(13)14-2)15-9-6-4-3-5-7-9;2*1-4(3-6)5(7)8-2;;1-2/h3-7H,1-2H3;4H,1-2H3;1H2,2H3;1H4;1-2H. The van der Waals surface area contributed by atoms with Crippen molar-refractivity contribution in [3.8, 4) is 18.2 Å². The van der Waals surface area contributed by atoms with Crippen molar-refractivity contribution in [1.29, 1.82) is 15.8 Å². The molecule has 11 nitrogen and oxygen atoms in total. The largest absolute Gasteiger partial charge is 0.468 e. The molecule has 0 saturated heterocycles. The molecule has 1 rings (SSSR count). The van der Waals surface area contributed by atoms with Crippen molar-refractivity contribution in [2.24, 2.45) is 5.92 Å². The Hall–Kier alpha value is -3.72. The third kappa shape index (κ3) is 16.0. The van der Waals surface area contributed by atoms with Gasteiger partial charge in [-0.25, -0.2) is 4.79 Å². The van der Waals surface area contributed by atoms with Gasteiger partial charge in [0.05, 0.1) is 20.3 Å². The number of nitriles is 3. The third-order valence-electron chi connectivity index (χ3n) is 3.17. The van der Waals surface area contributed by atoms with Crippen LogP contribution in [0.2, 0.25) is 4.31 Å². The number of carbonyl (C=O) groups excluding carboxylic acids is 3. The molecular formula is C22H29N3O8Se. The molecule has 2 unspecified atom stereocenters. The van der Waals surface area contributed by atoms with Crippen LogP contribution < -0.4 is 4.46 Å². The summed E-state index contributed by atoms with van der Waals surface area (Å²) in [4.78, 5) is 31.9. The van der Waals surface area contributed by atoms with E-state index in [0.29, 0.717) is 0 Å². The van der Waals surface area contributed by atoms with Crippen LogP contribution in [-0.2, 0) is 28.6 Å². The summed E-state index contributed by atoms with van der Waals surface area (Å²) in [6.45, 7) is 6.22. The van der Waals surface area contributed by atoms with Crippen LogP contribution in [0.25, 0.3) is 0 Å². The van der Waals surface area contributed by atoms with E-state index in [4.69, 9.17) is 26.3 Å². The number of ether oxygens (including phenoxy) is 3. The van der Waals surface area contributed by atoms with E-state index in [1.54, 1.807) is 19.1 Å². The minimum Gasteiger partial charge on any atom is -0.468 e. The molecule has 0 fully saturated rings. The first-order chi connectivity index (χ1) is 15.6. The van der Waals surface area contributed by atoms with E-state index >= 15 is 0 Å². The quantitative estimate of drug-likeness (QED) is 0.105. The summed E-state index contributed by atoms with van der Waals surface area (Å²) in [5.41, 5.74) is -0.174. The van der Waals surface area contributed by atoms with Crippen molar-refractivity contribution < 1.29 is 39.1 Å². The molecule has 12 heteroatoms. The summed E-state index contributed by atoms with van der Waals surface area (Å²) >= 11 is -0.240. The van der Waals surface area contributed by atoms with Gasteiger partial charge in [0.2, 0.25) is 0 Å². The first-order valence-electron chi connectivity index (χ1n) is 8.65. The summed E-state index contributed by atoms with van der Waals surface area (Å²) in [6, 6.07) is 14.8. The smallest absolute Gasteiger partial charge is 0.322 e. The zero-order chi connectivity index (χ0) is 26.4. The molecule has 2 N–H and O–H groups in total. The van der Waals surface area contributed by atoms with E-state index in [2.05, 4.69) is 20.8 Å². The van der Waals surface area contributed by atoms with Crippen molar-refractivity contribution in [3.63, 3.8) is 0 Å². The van der Waals surface area contributed by atoms with Gasteiger partial charge in [-0.05, 0) is 6.92 Å². The van der Waals surface area contributed by atoms with Gasteiger partial charge in [-0.15, -0.1) is 0 Å². The summed E-state index contributed by atoms with van der Waals surface area (Å²) in [5, 5.41) is 37.1. The number of nitrogens with zero attached hydrogens (tertiary/aromatic N) is 3. The maximum Gasteiger partial charge on any atom is 0.322 e. The minimum atomic E-state index is -1.04. The predicted molar refractivity (Wildman–Crippen MR) is 123 cm³/mol. The molecule has 0 bridgehead atoms. The number of esters is 3. The normalized spacial score (nSPS) is 10.6. The third-order valence-corrected chi connectivity index (χ3v) is 5.63. The Labute approximate surface area is 205 Å². The molecule has 0 aliphatic heterocycles. The second-order valence-corrected chi connectivity index (χ2v) is 8.64. The van der Waals surface area contributed by atoms with Crippen LogP contribution in [0, 0.1) is 39.9 Å². The van der Waals surface area contributed by atoms with Gasteiger partial charge in [0.25, 0.3) is 0 Å². The maximum absolute atomic E-state index is 11.4. The molecule has 186 valence electrons. The van der Waals surface area contributed by atoms with Crippen molar-refractivity contribution in [2.45, 2.75) is 25.6 Å². The monoisotopic (exact) mass is 543 g/mol. The van der Waals surface area contributed by atoms with Gasteiger partial charge in [0.15, 0.2) is 0 Å². The van der Waals surface area contributed by atoms with Gasteiger partial charge >= 0.3 is 107 Å². The molecule has 34 heavy (non-hydrogen) atoms. The number of methoxy groups -OCH3 is 3. The van der Waals surface area contributed by atoms with Gasteiger partial charge in [-0.2, -0.15) is 10.5 Å². The molecule has 0 aliphatic carbocycles. The summed E-state index contributed by atoms with van der Waals surface area (Å²) in [7, 11) is 3.76. The summed E-state index contributed by atoms with van der Waals surface area (Å²) in [6.07, 6.45) is 0. The summed E-state index contributed by atoms with van der Waals surface area (Å²) in [5.74, 6) is -2.26. The van der Waals surface area contributed by atoms with Crippen LogP contribution in [0.3, 0.4) is 0 Å². The van der Waals surface area contributed by atoms with Crippen molar-refractivity contribution in [3.05, 3.63) is 42.5 Å². The van der Waals surface area contributed by atoms with Crippen molar-refractivity contribution in [2.75, 3.05) is 21.3 Å². The Morgan fingerprint density at radius 1 is 1.03 bits per heavy atom. The van der Waals surface area contributed by atoms with E-state index in [0.717, 1.165) is 4.46 Å². The van der Waals surface area contributed by atoms with Crippen LogP contribution >= 0.6 is 0 Å². The molecular weight excluding hydrogens is 513 g/mol. The van der Waals surface area contributed by atoms with E-state index in [1.165, 1.54) is 28.3 Å². The fraction of sp³-hybridized carbons (Fsp3) is 0.364. The first-order valence-corrected chi connectivity index (χ1v) is 10.4. The molecule has 0 radical (unpaired) electrons. The van der Waals surface area contributed by atoms with Crippen LogP contribution in [0.4, 0.5) is 0 Å². The zero-order valence-corrected chi connectivity index (χ0v) is 20.5. The average molecular weight is 542 g/mol. The molecule has 0 aliphatic rings. The van der Waals surface area contributed by atoms with Gasteiger partial charge in [-0.1, -0.05) is 14.0 Å².